The molecular weight excluding hydrogens is 469 g/mol. The highest BCUT2D eigenvalue weighted by Crippen LogP contribution is 2.39. The third kappa shape index (κ3) is 4.78. The van der Waals surface area contributed by atoms with Crippen molar-refractivity contribution in [1.82, 2.24) is 9.91 Å². The fraction of sp³-hybridized carbons (Fsp3) is 0.423. The predicted octanol–water partition coefficient (Wildman–Crippen LogP) is 4.04. The molecule has 7 nitrogen and oxygen atoms in total. The van der Waals surface area contributed by atoms with Crippen LogP contribution in [0.1, 0.15) is 29.9 Å². The van der Waals surface area contributed by atoms with Gasteiger partial charge in [-0.2, -0.15) is 10.4 Å². The van der Waals surface area contributed by atoms with Gasteiger partial charge in [0, 0.05) is 43.8 Å². The lowest BCUT2D eigenvalue weighted by atomic mass is 9.75. The number of ether oxygens (including phenoxy) is 1. The Labute approximate surface area is 209 Å². The van der Waals surface area contributed by atoms with Crippen LogP contribution in [-0.4, -0.2) is 61.4 Å². The van der Waals surface area contributed by atoms with Crippen molar-refractivity contribution >= 4 is 29.4 Å². The summed E-state index contributed by atoms with van der Waals surface area (Å²) in [6, 6.07) is 12.5. The van der Waals surface area contributed by atoms with E-state index in [4.69, 9.17) is 16.3 Å². The molecule has 3 heterocycles. The van der Waals surface area contributed by atoms with Crippen molar-refractivity contribution in [3.05, 3.63) is 58.4 Å². The Morgan fingerprint density at radius 1 is 1.31 bits per heavy atom. The minimum Gasteiger partial charge on any atom is -0.477 e. The first-order valence-electron chi connectivity index (χ1n) is 11.8. The van der Waals surface area contributed by atoms with Gasteiger partial charge in [-0.1, -0.05) is 23.7 Å². The average Bonchev–Trinajstić information content (AvgIpc) is 3.30. The maximum absolute atomic E-state index is 13.3. The Balaban J connectivity index is 1.24. The topological polar surface area (TPSA) is 81.0 Å². The number of likely N-dealkylation sites (N-methyl/N-ethyl adjacent to an activating group) is 1. The van der Waals surface area contributed by atoms with Gasteiger partial charge in [-0.05, 0) is 54.7 Å². The van der Waals surface area contributed by atoms with Gasteiger partial charge in [-0.25, -0.2) is 4.39 Å². The molecule has 2 aromatic carbocycles. The van der Waals surface area contributed by atoms with Gasteiger partial charge >= 0.3 is 0 Å². The largest absolute Gasteiger partial charge is 0.477 e. The standard InChI is InChI=1S/C26H27ClFN5O2/c1-32-15-18(13-31-32)20-10-23-22(11-21(20)27)30-14-24(35-23)25(34)33-8-6-26(16-29,7-9-33)12-17-2-4-19(28)5-3-17/h2-5,10-11,13,18,24,30H,6-9,12,14-15H2,1H3. The SMILES string of the molecule is CN1CC(c2cc3c(cc2Cl)NCC(C(=O)N2CCC(C#N)(Cc4ccc(F)cc4)CC2)O3)C=N1. The van der Waals surface area contributed by atoms with Gasteiger partial charge in [-0.3, -0.25) is 9.80 Å². The summed E-state index contributed by atoms with van der Waals surface area (Å²) >= 11 is 6.52. The molecule has 2 aromatic rings. The van der Waals surface area contributed by atoms with Crippen LogP contribution in [-0.2, 0) is 11.2 Å². The smallest absolute Gasteiger partial charge is 0.265 e. The maximum atomic E-state index is 13.3. The number of rotatable bonds is 4. The van der Waals surface area contributed by atoms with Crippen LogP contribution in [0.25, 0.3) is 0 Å². The predicted molar refractivity (Wildman–Crippen MR) is 132 cm³/mol. The van der Waals surface area contributed by atoms with Gasteiger partial charge in [0.15, 0.2) is 6.10 Å². The lowest BCUT2D eigenvalue weighted by Crippen LogP contribution is -2.51. The number of fused-ring (bicyclic) bond motifs is 1. The fourth-order valence-electron chi connectivity index (χ4n) is 5.06. The minimum atomic E-state index is -0.650. The van der Waals surface area contributed by atoms with Gasteiger partial charge < -0.3 is 15.0 Å². The molecule has 0 aliphatic carbocycles. The number of carbonyl (C=O) groups is 1. The van der Waals surface area contributed by atoms with E-state index in [1.54, 1.807) is 17.0 Å². The summed E-state index contributed by atoms with van der Waals surface area (Å²) < 4.78 is 19.4. The van der Waals surface area contributed by atoms with Gasteiger partial charge in [-0.15, -0.1) is 0 Å². The fourth-order valence-corrected chi connectivity index (χ4v) is 5.36. The first kappa shape index (κ1) is 23.4. The Kier molecular flexibility index (Phi) is 6.28. The zero-order valence-corrected chi connectivity index (χ0v) is 20.3. The van der Waals surface area contributed by atoms with Crippen molar-refractivity contribution in [3.63, 3.8) is 0 Å². The van der Waals surface area contributed by atoms with Crippen molar-refractivity contribution in [2.45, 2.75) is 31.3 Å². The van der Waals surface area contributed by atoms with Crippen LogP contribution in [0.3, 0.4) is 0 Å². The zero-order valence-electron chi connectivity index (χ0n) is 19.5. The Bertz CT molecular complexity index is 1190. The molecule has 0 spiro atoms. The van der Waals surface area contributed by atoms with Crippen LogP contribution < -0.4 is 10.1 Å². The third-order valence-electron chi connectivity index (χ3n) is 7.15. The number of nitrogens with zero attached hydrogens (tertiary/aromatic N) is 4. The average molecular weight is 496 g/mol. The molecule has 9 heteroatoms. The highest BCUT2D eigenvalue weighted by molar-refractivity contribution is 6.32. The van der Waals surface area contributed by atoms with Crippen molar-refractivity contribution in [2.24, 2.45) is 10.5 Å². The Morgan fingerprint density at radius 3 is 2.71 bits per heavy atom. The summed E-state index contributed by atoms with van der Waals surface area (Å²) in [6.07, 6.45) is 2.90. The van der Waals surface area contributed by atoms with Crippen molar-refractivity contribution < 1.29 is 13.9 Å². The summed E-state index contributed by atoms with van der Waals surface area (Å²) in [5.74, 6) is 0.299. The highest BCUT2D eigenvalue weighted by Gasteiger charge is 2.39. The monoisotopic (exact) mass is 495 g/mol. The molecule has 2 unspecified atom stereocenters. The molecule has 1 N–H and O–H groups in total. The second kappa shape index (κ2) is 9.38. The normalized spacial score (nSPS) is 22.7. The van der Waals surface area contributed by atoms with E-state index in [0.717, 1.165) is 23.4 Å². The maximum Gasteiger partial charge on any atom is 0.265 e. The Morgan fingerprint density at radius 2 is 2.06 bits per heavy atom. The van der Waals surface area contributed by atoms with Crippen LogP contribution in [0.5, 0.6) is 5.75 Å². The number of nitriles is 1. The van der Waals surface area contributed by atoms with E-state index in [2.05, 4.69) is 16.5 Å². The summed E-state index contributed by atoms with van der Waals surface area (Å²) in [4.78, 5) is 15.1. The van der Waals surface area contributed by atoms with Crippen LogP contribution in [0.2, 0.25) is 5.02 Å². The quantitative estimate of drug-likeness (QED) is 0.692. The molecule has 35 heavy (non-hydrogen) atoms. The van der Waals surface area contributed by atoms with Crippen molar-refractivity contribution in [3.8, 4) is 11.8 Å². The van der Waals surface area contributed by atoms with E-state index in [1.165, 1.54) is 12.1 Å². The van der Waals surface area contributed by atoms with E-state index >= 15 is 0 Å². The number of halogens is 2. The molecule has 0 saturated carbocycles. The number of hydrazone groups is 1. The molecule has 3 aliphatic rings. The molecular formula is C26H27ClFN5O2. The minimum absolute atomic E-state index is 0.0692. The van der Waals surface area contributed by atoms with Crippen LogP contribution >= 0.6 is 11.6 Å². The van der Waals surface area contributed by atoms with Crippen LogP contribution in [0.15, 0.2) is 41.5 Å². The number of anilines is 1. The summed E-state index contributed by atoms with van der Waals surface area (Å²) in [5, 5.41) is 20.0. The number of hydrogen-bond donors (Lipinski definition) is 1. The van der Waals surface area contributed by atoms with Gasteiger partial charge in [0.2, 0.25) is 0 Å². The molecule has 0 aromatic heterocycles. The summed E-state index contributed by atoms with van der Waals surface area (Å²) in [6.45, 7) is 2.05. The molecule has 5 rings (SSSR count). The van der Waals surface area contributed by atoms with Crippen molar-refractivity contribution in [1.29, 1.82) is 5.26 Å². The molecule has 1 amide bonds. The lowest BCUT2D eigenvalue weighted by Gasteiger charge is -2.39. The van der Waals surface area contributed by atoms with Gasteiger partial charge in [0.25, 0.3) is 5.91 Å². The number of piperidine rings is 1. The van der Waals surface area contributed by atoms with Crippen LogP contribution in [0, 0.1) is 22.6 Å². The summed E-state index contributed by atoms with van der Waals surface area (Å²) in [5.41, 5.74) is 2.06. The van der Waals surface area contributed by atoms with Crippen molar-refractivity contribution in [2.75, 3.05) is 38.5 Å². The van der Waals surface area contributed by atoms with Crippen LogP contribution in [0.4, 0.5) is 10.1 Å². The molecule has 182 valence electrons. The van der Waals surface area contributed by atoms with E-state index < -0.39 is 11.5 Å². The second-order valence-corrected chi connectivity index (χ2v) is 10.00. The number of nitrogens with one attached hydrogen (secondary N) is 1. The molecule has 1 saturated heterocycles. The van der Waals surface area contributed by atoms with E-state index in [0.29, 0.717) is 49.7 Å². The first-order chi connectivity index (χ1) is 16.9. The van der Waals surface area contributed by atoms with E-state index in [9.17, 15) is 14.4 Å². The molecule has 2 atom stereocenters. The van der Waals surface area contributed by atoms with E-state index in [-0.39, 0.29) is 17.6 Å². The number of carbonyl (C=O) groups excluding carboxylic acids is 1. The number of amides is 1. The number of likely N-dealkylation sites (tertiary alicyclic amines) is 1. The first-order valence-corrected chi connectivity index (χ1v) is 12.2. The number of benzene rings is 2. The zero-order chi connectivity index (χ0) is 24.6. The molecule has 1 fully saturated rings. The van der Waals surface area contributed by atoms with Gasteiger partial charge in [0.1, 0.15) is 11.6 Å². The second-order valence-electron chi connectivity index (χ2n) is 9.59. The lowest BCUT2D eigenvalue weighted by molar-refractivity contribution is -0.140. The third-order valence-corrected chi connectivity index (χ3v) is 7.48. The Hall–Kier alpha value is -3.31. The molecule has 0 bridgehead atoms. The molecule has 0 radical (unpaired) electrons. The van der Waals surface area contributed by atoms with Gasteiger partial charge in [0.05, 0.1) is 23.7 Å². The number of hydrogen-bond acceptors (Lipinski definition) is 6. The molecule has 3 aliphatic heterocycles. The highest BCUT2D eigenvalue weighted by atomic mass is 35.5. The summed E-state index contributed by atoms with van der Waals surface area (Å²) in [7, 11) is 1.91. The van der Waals surface area contributed by atoms with E-state index in [1.807, 2.05) is 30.4 Å².